The lowest BCUT2D eigenvalue weighted by atomic mass is 9.90. The fraction of sp³-hybridized carbons (Fsp3) is 0.211. The van der Waals surface area contributed by atoms with Gasteiger partial charge in [0.25, 0.3) is 11.8 Å². The molecule has 0 radical (unpaired) electrons. The minimum Gasteiger partial charge on any atom is -0.467 e. The van der Waals surface area contributed by atoms with Gasteiger partial charge in [0.05, 0.1) is 18.2 Å². The van der Waals surface area contributed by atoms with Crippen molar-refractivity contribution in [3.05, 3.63) is 71.0 Å². The number of imide groups is 1. The number of hydrogen-bond acceptors (Lipinski definition) is 4. The SMILES string of the molecule is COC(=O)[C@](C)(Cc1ccc(F)cc1)N1C(=O)c2ccccc2C1=O. The Morgan fingerprint density at radius 3 is 2.04 bits per heavy atom. The van der Waals surface area contributed by atoms with Crippen LogP contribution in [0.4, 0.5) is 4.39 Å². The van der Waals surface area contributed by atoms with Crippen molar-refractivity contribution in [1.82, 2.24) is 4.90 Å². The van der Waals surface area contributed by atoms with Crippen molar-refractivity contribution in [3.63, 3.8) is 0 Å². The Morgan fingerprint density at radius 1 is 1.04 bits per heavy atom. The van der Waals surface area contributed by atoms with E-state index >= 15 is 0 Å². The minimum absolute atomic E-state index is 0.0193. The maximum atomic E-state index is 13.1. The summed E-state index contributed by atoms with van der Waals surface area (Å²) in [6, 6.07) is 11.9. The molecule has 2 amide bonds. The van der Waals surface area contributed by atoms with Gasteiger partial charge in [-0.3, -0.25) is 14.5 Å². The summed E-state index contributed by atoms with van der Waals surface area (Å²) in [5.41, 5.74) is -0.436. The highest BCUT2D eigenvalue weighted by atomic mass is 19.1. The Morgan fingerprint density at radius 2 is 1.56 bits per heavy atom. The normalized spacial score (nSPS) is 15.7. The Hall–Kier alpha value is -3.02. The summed E-state index contributed by atoms with van der Waals surface area (Å²) in [5.74, 6) is -2.22. The minimum atomic E-state index is -1.54. The zero-order chi connectivity index (χ0) is 18.2. The average molecular weight is 341 g/mol. The first-order valence-corrected chi connectivity index (χ1v) is 7.69. The lowest BCUT2D eigenvalue weighted by Crippen LogP contribution is -2.57. The molecule has 5 nitrogen and oxygen atoms in total. The Kier molecular flexibility index (Phi) is 4.12. The number of fused-ring (bicyclic) bond motifs is 1. The average Bonchev–Trinajstić information content (AvgIpc) is 2.88. The number of amides is 2. The molecule has 1 aliphatic rings. The van der Waals surface area contributed by atoms with Gasteiger partial charge in [-0.05, 0) is 36.8 Å². The molecule has 6 heteroatoms. The van der Waals surface area contributed by atoms with Crippen LogP contribution in [0.15, 0.2) is 48.5 Å². The molecule has 0 aliphatic carbocycles. The van der Waals surface area contributed by atoms with Crippen molar-refractivity contribution in [2.45, 2.75) is 18.9 Å². The van der Waals surface area contributed by atoms with Crippen LogP contribution in [0.2, 0.25) is 0 Å². The lowest BCUT2D eigenvalue weighted by molar-refractivity contribution is -0.151. The first-order valence-electron chi connectivity index (χ1n) is 7.69. The molecule has 3 rings (SSSR count). The van der Waals surface area contributed by atoms with Gasteiger partial charge in [-0.2, -0.15) is 0 Å². The van der Waals surface area contributed by atoms with Crippen LogP contribution in [-0.2, 0) is 16.0 Å². The van der Waals surface area contributed by atoms with Crippen LogP contribution in [0, 0.1) is 5.82 Å². The summed E-state index contributed by atoms with van der Waals surface area (Å²) >= 11 is 0. The van der Waals surface area contributed by atoms with Crippen molar-refractivity contribution in [1.29, 1.82) is 0 Å². The zero-order valence-corrected chi connectivity index (χ0v) is 13.8. The molecule has 0 saturated carbocycles. The van der Waals surface area contributed by atoms with Crippen molar-refractivity contribution in [3.8, 4) is 0 Å². The van der Waals surface area contributed by atoms with Crippen molar-refractivity contribution >= 4 is 17.8 Å². The summed E-state index contributed by atoms with van der Waals surface area (Å²) in [7, 11) is 1.20. The third kappa shape index (κ3) is 2.69. The maximum Gasteiger partial charge on any atom is 0.332 e. The molecule has 0 spiro atoms. The van der Waals surface area contributed by atoms with Gasteiger partial charge in [0, 0.05) is 6.42 Å². The molecule has 0 N–H and O–H groups in total. The van der Waals surface area contributed by atoms with E-state index in [-0.39, 0.29) is 17.5 Å². The second-order valence-electron chi connectivity index (χ2n) is 6.06. The molecular formula is C19H16FNO4. The van der Waals surface area contributed by atoms with Crippen LogP contribution in [0.5, 0.6) is 0 Å². The van der Waals surface area contributed by atoms with E-state index in [2.05, 4.69) is 0 Å². The molecular weight excluding hydrogens is 325 g/mol. The summed E-state index contributed by atoms with van der Waals surface area (Å²) in [5, 5.41) is 0. The first-order chi connectivity index (χ1) is 11.9. The highest BCUT2D eigenvalue weighted by Crippen LogP contribution is 2.32. The molecule has 2 aromatic carbocycles. The van der Waals surface area contributed by atoms with E-state index in [1.807, 2.05) is 0 Å². The molecule has 1 atom stereocenters. The van der Waals surface area contributed by atoms with Crippen LogP contribution in [-0.4, -0.2) is 35.3 Å². The molecule has 0 fully saturated rings. The van der Waals surface area contributed by atoms with E-state index in [4.69, 9.17) is 4.74 Å². The van der Waals surface area contributed by atoms with Gasteiger partial charge in [0.2, 0.25) is 0 Å². The first kappa shape index (κ1) is 16.8. The molecule has 0 unspecified atom stereocenters. The molecule has 0 saturated heterocycles. The second kappa shape index (κ2) is 6.12. The van der Waals surface area contributed by atoms with Crippen molar-refractivity contribution < 1.29 is 23.5 Å². The molecule has 1 heterocycles. The van der Waals surface area contributed by atoms with Crippen LogP contribution < -0.4 is 0 Å². The third-order valence-corrected chi connectivity index (χ3v) is 4.37. The van der Waals surface area contributed by atoms with Crippen molar-refractivity contribution in [2.24, 2.45) is 0 Å². The Labute approximate surface area is 144 Å². The van der Waals surface area contributed by atoms with Gasteiger partial charge < -0.3 is 4.74 Å². The number of ether oxygens (including phenoxy) is 1. The van der Waals surface area contributed by atoms with E-state index in [0.29, 0.717) is 5.56 Å². The van der Waals surface area contributed by atoms with Gasteiger partial charge in [0.1, 0.15) is 11.4 Å². The van der Waals surface area contributed by atoms with Gasteiger partial charge in [-0.25, -0.2) is 9.18 Å². The van der Waals surface area contributed by atoms with E-state index in [1.165, 1.54) is 38.3 Å². The molecule has 2 aromatic rings. The lowest BCUT2D eigenvalue weighted by Gasteiger charge is -2.34. The quantitative estimate of drug-likeness (QED) is 0.633. The highest BCUT2D eigenvalue weighted by molar-refractivity contribution is 6.23. The predicted molar refractivity (Wildman–Crippen MR) is 87.5 cm³/mol. The number of esters is 1. The predicted octanol–water partition coefficient (Wildman–Crippen LogP) is 2.60. The number of methoxy groups -OCH3 is 1. The molecule has 0 aromatic heterocycles. The molecule has 1 aliphatic heterocycles. The smallest absolute Gasteiger partial charge is 0.332 e. The fourth-order valence-corrected chi connectivity index (χ4v) is 3.10. The van der Waals surface area contributed by atoms with Crippen LogP contribution in [0.1, 0.15) is 33.2 Å². The van der Waals surface area contributed by atoms with E-state index in [0.717, 1.165) is 4.90 Å². The van der Waals surface area contributed by atoms with Crippen molar-refractivity contribution in [2.75, 3.05) is 7.11 Å². The molecule has 0 bridgehead atoms. The topological polar surface area (TPSA) is 63.7 Å². The molecule has 128 valence electrons. The molecule has 25 heavy (non-hydrogen) atoms. The standard InChI is InChI=1S/C19H16FNO4/c1-19(18(24)25-2,11-12-7-9-13(20)10-8-12)21-16(22)14-5-3-4-6-15(14)17(21)23/h3-10H,11H2,1-2H3/t19-/m0/s1. The fourth-order valence-electron chi connectivity index (χ4n) is 3.10. The maximum absolute atomic E-state index is 13.1. The summed E-state index contributed by atoms with van der Waals surface area (Å²) in [6.45, 7) is 1.48. The number of halogens is 1. The van der Waals surface area contributed by atoms with Crippen LogP contribution in [0.3, 0.4) is 0 Å². The Balaban J connectivity index is 2.05. The summed E-state index contributed by atoms with van der Waals surface area (Å²) in [4.78, 5) is 38.9. The van der Waals surface area contributed by atoms with Crippen LogP contribution >= 0.6 is 0 Å². The van der Waals surface area contributed by atoms with Gasteiger partial charge >= 0.3 is 5.97 Å². The Bertz CT molecular complexity index is 827. The monoisotopic (exact) mass is 341 g/mol. The third-order valence-electron chi connectivity index (χ3n) is 4.37. The number of carbonyl (C=O) groups is 3. The van der Waals surface area contributed by atoms with E-state index in [9.17, 15) is 18.8 Å². The highest BCUT2D eigenvalue weighted by Gasteiger charge is 2.51. The van der Waals surface area contributed by atoms with Gasteiger partial charge in [-0.15, -0.1) is 0 Å². The number of hydrogen-bond donors (Lipinski definition) is 0. The van der Waals surface area contributed by atoms with E-state index in [1.54, 1.807) is 24.3 Å². The zero-order valence-electron chi connectivity index (χ0n) is 13.8. The van der Waals surface area contributed by atoms with Gasteiger partial charge in [0.15, 0.2) is 0 Å². The number of rotatable bonds is 4. The number of nitrogens with zero attached hydrogens (tertiary/aromatic N) is 1. The van der Waals surface area contributed by atoms with Crippen LogP contribution in [0.25, 0.3) is 0 Å². The number of carbonyl (C=O) groups excluding carboxylic acids is 3. The summed E-state index contributed by atoms with van der Waals surface area (Å²) < 4.78 is 18.0. The largest absolute Gasteiger partial charge is 0.467 e. The second-order valence-corrected chi connectivity index (χ2v) is 6.06. The van der Waals surface area contributed by atoms with E-state index < -0.39 is 29.1 Å². The number of benzene rings is 2. The van der Waals surface area contributed by atoms with Gasteiger partial charge in [-0.1, -0.05) is 24.3 Å². The summed E-state index contributed by atoms with van der Waals surface area (Å²) in [6.07, 6.45) is 0.0193.